The summed E-state index contributed by atoms with van der Waals surface area (Å²) in [4.78, 5) is 32.4. The Morgan fingerprint density at radius 3 is 2.30 bits per heavy atom. The Hall–Kier alpha value is -4.21. The van der Waals surface area contributed by atoms with Gasteiger partial charge < -0.3 is 24.7 Å². The van der Waals surface area contributed by atoms with Crippen LogP contribution >= 0.6 is 23.2 Å². The number of methoxy groups -OCH3 is 1. The van der Waals surface area contributed by atoms with E-state index in [2.05, 4.69) is 119 Å². The van der Waals surface area contributed by atoms with Crippen LogP contribution in [-0.2, 0) is 42.5 Å². The van der Waals surface area contributed by atoms with Gasteiger partial charge >= 0.3 is 0 Å². The molecule has 5 aliphatic heterocycles. The van der Waals surface area contributed by atoms with E-state index in [0.717, 1.165) is 74.0 Å². The number of ketones is 1. The molecular formula is C60H75Cl2FN8O3. The van der Waals surface area contributed by atoms with Crippen molar-refractivity contribution in [2.45, 2.75) is 133 Å². The first kappa shape index (κ1) is 51.9. The summed E-state index contributed by atoms with van der Waals surface area (Å²) in [5.41, 5.74) is 3.25. The second kappa shape index (κ2) is 21.0. The van der Waals surface area contributed by atoms with E-state index in [1.165, 1.54) is 30.0 Å². The standard InChI is InChI=1S/C60H75Cl2FN8O3/c1-8-59-53-28-42(26-39-14-10-9-11-15-39)56(59)67(4)37(2)32-64-52-31-45(27-40-16-20-43(61)21-17-40)68(5)57-49(36-73-7)66-55(60(52,57)58(59)72)38(3)71(53)34-47-48(63)29-44(62)30-51(47)74-46-22-18-41(19-23-46)50-33-65-54(69(50)6)35-70-24-12-13-25-70/h9-11,14-23,29-30,33,37-38,42,45,49,52-53,55-57,64,66H,8,12-13,24-28,31-32,34-36H2,1-7H3/t37-,38-,42+,45-,49+,52?,53?,55?,56?,57?,59?,60?/m0/s1. The van der Waals surface area contributed by atoms with Crippen molar-refractivity contribution < 1.29 is 18.7 Å². The molecule has 2 bridgehead atoms. The highest BCUT2D eigenvalue weighted by Gasteiger charge is 2.77. The molecule has 74 heavy (non-hydrogen) atoms. The van der Waals surface area contributed by atoms with Gasteiger partial charge in [0.25, 0.3) is 0 Å². The van der Waals surface area contributed by atoms with Gasteiger partial charge in [-0.1, -0.05) is 72.6 Å². The number of likely N-dealkylation sites (N-methyl/N-ethyl adjacent to an activating group) is 2. The maximum atomic E-state index is 17.5. The molecule has 1 aliphatic carbocycles. The zero-order valence-corrected chi connectivity index (χ0v) is 45.8. The number of rotatable bonds is 14. The van der Waals surface area contributed by atoms with Gasteiger partial charge in [-0.2, -0.15) is 0 Å². The van der Waals surface area contributed by atoms with E-state index in [1.54, 1.807) is 13.2 Å². The second-order valence-corrected chi connectivity index (χ2v) is 23.7. The van der Waals surface area contributed by atoms with E-state index in [1.807, 2.05) is 42.6 Å². The number of benzene rings is 4. The van der Waals surface area contributed by atoms with Crippen LogP contribution in [0.3, 0.4) is 0 Å². The Morgan fingerprint density at radius 2 is 1.58 bits per heavy atom. The van der Waals surface area contributed by atoms with E-state index in [0.29, 0.717) is 35.9 Å². The lowest BCUT2D eigenvalue weighted by Crippen LogP contribution is -2.73. The third-order valence-electron chi connectivity index (χ3n) is 19.1. The van der Waals surface area contributed by atoms with Crippen LogP contribution in [0.4, 0.5) is 4.39 Å². The van der Waals surface area contributed by atoms with Crippen LogP contribution in [0.1, 0.15) is 75.4 Å². The molecule has 5 saturated heterocycles. The van der Waals surface area contributed by atoms with Gasteiger partial charge in [0, 0.05) is 103 Å². The highest BCUT2D eigenvalue weighted by atomic mass is 35.5. The number of Topliss-reactive ketones (excluding diaryl/α,β-unsaturated/α-hetero) is 1. The molecule has 0 radical (unpaired) electrons. The molecule has 1 saturated carbocycles. The molecule has 11 rings (SSSR count). The third-order valence-corrected chi connectivity index (χ3v) is 19.6. The summed E-state index contributed by atoms with van der Waals surface area (Å²) in [7, 11) is 8.35. The van der Waals surface area contributed by atoms with Gasteiger partial charge in [-0.15, -0.1) is 0 Å². The number of carbonyl (C=O) groups is 1. The fraction of sp³-hybridized carbons (Fsp3) is 0.533. The summed E-state index contributed by atoms with van der Waals surface area (Å²) in [6, 6.07) is 29.1. The summed E-state index contributed by atoms with van der Waals surface area (Å²) in [5.74, 6) is 2.04. The van der Waals surface area contributed by atoms with E-state index < -0.39 is 16.6 Å². The number of hydrogen-bond donors (Lipinski definition) is 2. The SMILES string of the molecule is CCC12C(=O)C34C5C[C@H](Cc6ccc(Cl)cc6)N(C)C3[C@@H](COC)NC4[C@H](C)N(Cc3c(F)cc(Cl)cc3Oc3ccc(-c4cnc(CN6CCCC6)n4C)cc3)C1C[C@@H](Cc1ccccc1)C2N(C)[C@@H](C)CN5. The van der Waals surface area contributed by atoms with Gasteiger partial charge in [0.2, 0.25) is 0 Å². The van der Waals surface area contributed by atoms with Gasteiger partial charge in [-0.05, 0) is 152 Å². The van der Waals surface area contributed by atoms with Crippen molar-refractivity contribution in [1.82, 2.24) is 39.8 Å². The third kappa shape index (κ3) is 8.86. The molecular weight excluding hydrogens is 971 g/mol. The lowest BCUT2D eigenvalue weighted by molar-refractivity contribution is -0.154. The van der Waals surface area contributed by atoms with Gasteiger partial charge in [0.1, 0.15) is 23.1 Å². The number of hydrogen-bond acceptors (Lipinski definition) is 10. The van der Waals surface area contributed by atoms with Crippen molar-refractivity contribution in [2.75, 3.05) is 47.4 Å². The lowest BCUT2D eigenvalue weighted by atomic mass is 9.54. The zero-order valence-electron chi connectivity index (χ0n) is 44.2. The number of likely N-dealkylation sites (tertiary alicyclic amines) is 3. The highest BCUT2D eigenvalue weighted by molar-refractivity contribution is 6.31. The van der Waals surface area contributed by atoms with Crippen molar-refractivity contribution >= 4 is 29.0 Å². The Labute approximate surface area is 448 Å². The molecule has 6 heterocycles. The maximum Gasteiger partial charge on any atom is 0.153 e. The predicted octanol–water partition coefficient (Wildman–Crippen LogP) is 9.67. The van der Waals surface area contributed by atoms with Crippen LogP contribution in [-0.4, -0.2) is 137 Å². The van der Waals surface area contributed by atoms with Gasteiger partial charge in [-0.3, -0.25) is 24.4 Å². The Balaban J connectivity index is 1.01. The molecule has 14 heteroatoms. The number of nitrogens with one attached hydrogen (secondary N) is 2. The average Bonchev–Trinajstić information content (AvgIpc) is 4.21. The van der Waals surface area contributed by atoms with Crippen LogP contribution < -0.4 is 15.4 Å². The molecule has 1 aromatic heterocycles. The molecule has 11 nitrogen and oxygen atoms in total. The molecule has 4 aromatic carbocycles. The van der Waals surface area contributed by atoms with Crippen LogP contribution in [0.15, 0.2) is 97.2 Å². The van der Waals surface area contributed by atoms with Crippen molar-refractivity contribution in [3.8, 4) is 22.8 Å². The van der Waals surface area contributed by atoms with Crippen molar-refractivity contribution in [1.29, 1.82) is 0 Å². The van der Waals surface area contributed by atoms with Crippen LogP contribution in [0.2, 0.25) is 10.0 Å². The number of piperidine rings is 1. The molecule has 5 aromatic rings. The van der Waals surface area contributed by atoms with Crippen molar-refractivity contribution in [3.05, 3.63) is 136 Å². The smallest absolute Gasteiger partial charge is 0.153 e. The monoisotopic (exact) mass is 1040 g/mol. The molecule has 12 atom stereocenters. The van der Waals surface area contributed by atoms with E-state index in [-0.39, 0.29) is 71.9 Å². The van der Waals surface area contributed by atoms with Crippen LogP contribution in [0, 0.1) is 22.6 Å². The fourth-order valence-corrected chi connectivity index (χ4v) is 15.9. The Kier molecular flexibility index (Phi) is 14.7. The topological polar surface area (TPSA) is 90.4 Å². The number of halogens is 3. The highest BCUT2D eigenvalue weighted by Crippen LogP contribution is 2.63. The number of aromatic nitrogens is 2. The normalized spacial score (nSPS) is 32.5. The number of carbonyl (C=O) groups excluding carboxylic acids is 1. The minimum Gasteiger partial charge on any atom is -0.457 e. The van der Waals surface area contributed by atoms with Crippen LogP contribution in [0.5, 0.6) is 11.5 Å². The van der Waals surface area contributed by atoms with Gasteiger partial charge in [0.05, 0.1) is 35.9 Å². The summed E-state index contributed by atoms with van der Waals surface area (Å²) in [6.45, 7) is 11.3. The molecule has 1 spiro atoms. The van der Waals surface area contributed by atoms with Crippen molar-refractivity contribution in [2.24, 2.45) is 23.8 Å². The summed E-state index contributed by atoms with van der Waals surface area (Å²) < 4.78 is 32.4. The van der Waals surface area contributed by atoms with Crippen LogP contribution in [0.25, 0.3) is 11.3 Å². The summed E-state index contributed by atoms with van der Waals surface area (Å²) in [5, 5.41) is 9.34. The maximum absolute atomic E-state index is 17.5. The Bertz CT molecular complexity index is 2790. The number of nitrogens with zero attached hydrogens (tertiary/aromatic N) is 6. The zero-order chi connectivity index (χ0) is 51.6. The fourth-order valence-electron chi connectivity index (χ4n) is 15.6. The molecule has 394 valence electrons. The molecule has 6 fully saturated rings. The molecule has 0 amide bonds. The minimum atomic E-state index is -0.871. The van der Waals surface area contributed by atoms with E-state index >= 15 is 9.18 Å². The van der Waals surface area contributed by atoms with Gasteiger partial charge in [-0.25, -0.2) is 9.37 Å². The first-order valence-electron chi connectivity index (χ1n) is 27.3. The molecule has 2 N–H and O–H groups in total. The number of ether oxygens (including phenoxy) is 2. The second-order valence-electron chi connectivity index (χ2n) is 22.8. The quantitative estimate of drug-likeness (QED) is 0.112. The largest absolute Gasteiger partial charge is 0.457 e. The minimum absolute atomic E-state index is 0.0946. The van der Waals surface area contributed by atoms with Crippen molar-refractivity contribution in [3.63, 3.8) is 0 Å². The molecule has 6 aliphatic rings. The summed E-state index contributed by atoms with van der Waals surface area (Å²) >= 11 is 13.2. The Morgan fingerprint density at radius 1 is 0.851 bits per heavy atom. The first-order valence-corrected chi connectivity index (χ1v) is 28.0. The number of imidazole rings is 1. The lowest BCUT2D eigenvalue weighted by Gasteiger charge is -2.57. The van der Waals surface area contributed by atoms with Gasteiger partial charge in [0.15, 0.2) is 5.78 Å². The molecule has 7 unspecified atom stereocenters. The first-order chi connectivity index (χ1) is 35.8. The average molecular weight is 1050 g/mol. The summed E-state index contributed by atoms with van der Waals surface area (Å²) in [6.07, 6.45) is 8.27. The van der Waals surface area contributed by atoms with E-state index in [9.17, 15) is 0 Å². The van der Waals surface area contributed by atoms with E-state index in [4.69, 9.17) is 37.7 Å². The predicted molar refractivity (Wildman–Crippen MR) is 292 cm³/mol.